The van der Waals surface area contributed by atoms with Crippen LogP contribution < -0.4 is 19.7 Å². The molecular weight excluding hydrogens is 451 g/mol. The molecule has 0 saturated carbocycles. The van der Waals surface area contributed by atoms with Crippen molar-refractivity contribution in [2.75, 3.05) is 14.2 Å². The van der Waals surface area contributed by atoms with Crippen LogP contribution in [0.15, 0.2) is 60.4 Å². The molecule has 0 spiro atoms. The third-order valence-electron chi connectivity index (χ3n) is 5.89. The van der Waals surface area contributed by atoms with Crippen LogP contribution in [0.4, 0.5) is 4.39 Å². The van der Waals surface area contributed by atoms with E-state index in [2.05, 4.69) is 15.2 Å². The molecule has 35 heavy (non-hydrogen) atoms. The average Bonchev–Trinajstić information content (AvgIpc) is 3.12. The molecule has 0 unspecified atom stereocenters. The molecule has 0 radical (unpaired) electrons. The van der Waals surface area contributed by atoms with Gasteiger partial charge in [0.1, 0.15) is 5.82 Å². The van der Waals surface area contributed by atoms with Crippen molar-refractivity contribution in [1.29, 1.82) is 0 Å². The van der Waals surface area contributed by atoms with Crippen molar-refractivity contribution in [3.05, 3.63) is 88.5 Å². The van der Waals surface area contributed by atoms with Crippen molar-refractivity contribution in [3.8, 4) is 17.2 Å². The molecule has 0 atom stereocenters. The number of benzene rings is 2. The molecule has 1 amide bonds. The van der Waals surface area contributed by atoms with E-state index in [0.29, 0.717) is 17.7 Å². The van der Waals surface area contributed by atoms with Crippen molar-refractivity contribution in [2.24, 2.45) is 0 Å². The number of methoxy groups -OCH3 is 2. The standard InChI is InChI=1S/C27H25FN2O5/c1-16-21(9-18-10-24(33-2)27(35-32)25(11-18)34-3)20-7-6-19(28)12-23(20)22(16)13-26(31)30-15-17-5-4-8-29-14-17/h4-12,14,32H,13,15H2,1-3H3,(H,30,31)/b21-9-. The molecule has 0 aliphatic heterocycles. The topological polar surface area (TPSA) is 89.9 Å². The summed E-state index contributed by atoms with van der Waals surface area (Å²) in [6.45, 7) is 2.27. The van der Waals surface area contributed by atoms with E-state index in [1.165, 1.54) is 26.4 Å². The maximum Gasteiger partial charge on any atom is 0.248 e. The number of pyridine rings is 1. The lowest BCUT2D eigenvalue weighted by Crippen LogP contribution is -2.22. The highest BCUT2D eigenvalue weighted by Crippen LogP contribution is 2.45. The molecular formula is C27H25FN2O5. The zero-order valence-electron chi connectivity index (χ0n) is 19.6. The number of ether oxygens (including phenoxy) is 2. The Hall–Kier alpha value is -4.17. The van der Waals surface area contributed by atoms with Gasteiger partial charge in [0.2, 0.25) is 11.7 Å². The van der Waals surface area contributed by atoms with E-state index in [-0.39, 0.29) is 35.4 Å². The van der Waals surface area contributed by atoms with Gasteiger partial charge >= 0.3 is 0 Å². The third-order valence-corrected chi connectivity index (χ3v) is 5.89. The summed E-state index contributed by atoms with van der Waals surface area (Å²) in [5.74, 6) is 0.0795. The number of hydrogen-bond donors (Lipinski definition) is 2. The van der Waals surface area contributed by atoms with Gasteiger partial charge in [-0.15, -0.1) is 0 Å². The van der Waals surface area contributed by atoms with E-state index in [1.54, 1.807) is 30.6 Å². The maximum atomic E-state index is 14.2. The molecule has 180 valence electrons. The third kappa shape index (κ3) is 5.02. The quantitative estimate of drug-likeness (QED) is 0.346. The highest BCUT2D eigenvalue weighted by Gasteiger charge is 2.26. The molecule has 1 aromatic heterocycles. The normalized spacial score (nSPS) is 13.6. The van der Waals surface area contributed by atoms with Crippen molar-refractivity contribution in [2.45, 2.75) is 19.9 Å². The lowest BCUT2D eigenvalue weighted by molar-refractivity contribution is -0.140. The highest BCUT2D eigenvalue weighted by atomic mass is 19.1. The number of halogens is 1. The molecule has 2 N–H and O–H groups in total. The Morgan fingerprint density at radius 3 is 2.49 bits per heavy atom. The smallest absolute Gasteiger partial charge is 0.248 e. The van der Waals surface area contributed by atoms with E-state index in [1.807, 2.05) is 25.1 Å². The monoisotopic (exact) mass is 476 g/mol. The fraction of sp³-hybridized carbons (Fsp3) is 0.185. The van der Waals surface area contributed by atoms with Crippen molar-refractivity contribution in [3.63, 3.8) is 0 Å². The summed E-state index contributed by atoms with van der Waals surface area (Å²) < 4.78 is 24.8. The molecule has 2 aromatic carbocycles. The first-order chi connectivity index (χ1) is 16.9. The predicted molar refractivity (Wildman–Crippen MR) is 130 cm³/mol. The fourth-order valence-electron chi connectivity index (χ4n) is 4.15. The van der Waals surface area contributed by atoms with E-state index in [4.69, 9.17) is 9.47 Å². The van der Waals surface area contributed by atoms with Crippen LogP contribution in [0.2, 0.25) is 0 Å². The lowest BCUT2D eigenvalue weighted by atomic mass is 10.00. The summed E-state index contributed by atoms with van der Waals surface area (Å²) in [4.78, 5) is 21.2. The Balaban J connectivity index is 1.69. The van der Waals surface area contributed by atoms with Crippen LogP contribution in [-0.2, 0) is 11.3 Å². The second-order valence-corrected chi connectivity index (χ2v) is 8.01. The Morgan fingerprint density at radius 1 is 1.11 bits per heavy atom. The van der Waals surface area contributed by atoms with Crippen LogP contribution in [0.1, 0.15) is 35.6 Å². The molecule has 7 nitrogen and oxygen atoms in total. The summed E-state index contributed by atoms with van der Waals surface area (Å²) in [6.07, 6.45) is 5.37. The zero-order chi connectivity index (χ0) is 24.9. The van der Waals surface area contributed by atoms with Crippen molar-refractivity contribution < 1.29 is 28.8 Å². The van der Waals surface area contributed by atoms with E-state index >= 15 is 0 Å². The molecule has 1 aliphatic carbocycles. The van der Waals surface area contributed by atoms with Crippen LogP contribution in [-0.4, -0.2) is 30.4 Å². The predicted octanol–water partition coefficient (Wildman–Crippen LogP) is 5.12. The van der Waals surface area contributed by atoms with Gasteiger partial charge in [0.05, 0.1) is 20.6 Å². The molecule has 0 bridgehead atoms. The van der Waals surface area contributed by atoms with Crippen LogP contribution in [0, 0.1) is 5.82 Å². The first-order valence-electron chi connectivity index (χ1n) is 10.9. The fourth-order valence-corrected chi connectivity index (χ4v) is 4.15. The summed E-state index contributed by atoms with van der Waals surface area (Å²) in [7, 11) is 2.91. The van der Waals surface area contributed by atoms with Crippen LogP contribution in [0.25, 0.3) is 17.2 Å². The number of hydrogen-bond acceptors (Lipinski definition) is 6. The molecule has 4 rings (SSSR count). The van der Waals surface area contributed by atoms with Crippen LogP contribution >= 0.6 is 0 Å². The molecule has 8 heteroatoms. The summed E-state index contributed by atoms with van der Waals surface area (Å²) in [6, 6.07) is 11.6. The van der Waals surface area contributed by atoms with Gasteiger partial charge in [-0.2, -0.15) is 0 Å². The number of carbonyl (C=O) groups is 1. The van der Waals surface area contributed by atoms with Crippen LogP contribution in [0.3, 0.4) is 0 Å². The van der Waals surface area contributed by atoms with Gasteiger partial charge in [0, 0.05) is 18.9 Å². The van der Waals surface area contributed by atoms with E-state index < -0.39 is 0 Å². The second-order valence-electron chi connectivity index (χ2n) is 8.01. The number of fused-ring (bicyclic) bond motifs is 1. The molecule has 0 saturated heterocycles. The first-order valence-corrected chi connectivity index (χ1v) is 10.9. The van der Waals surface area contributed by atoms with Crippen molar-refractivity contribution >= 4 is 23.1 Å². The van der Waals surface area contributed by atoms with E-state index in [9.17, 15) is 14.4 Å². The Kier molecular flexibility index (Phi) is 7.12. The van der Waals surface area contributed by atoms with Gasteiger partial charge in [0.25, 0.3) is 0 Å². The van der Waals surface area contributed by atoms with Gasteiger partial charge < -0.3 is 19.7 Å². The largest absolute Gasteiger partial charge is 0.493 e. The van der Waals surface area contributed by atoms with Gasteiger partial charge in [-0.1, -0.05) is 12.1 Å². The zero-order valence-corrected chi connectivity index (χ0v) is 19.6. The minimum absolute atomic E-state index is 0.0595. The number of rotatable bonds is 8. The van der Waals surface area contributed by atoms with Gasteiger partial charge in [-0.05, 0) is 82.3 Å². The van der Waals surface area contributed by atoms with Gasteiger partial charge in [-0.3, -0.25) is 9.78 Å². The number of carbonyl (C=O) groups excluding carboxylic acids is 1. The van der Waals surface area contributed by atoms with Gasteiger partial charge in [0.15, 0.2) is 11.5 Å². The molecule has 1 aliphatic rings. The SMILES string of the molecule is COc1cc(/C=C2/C(C)=C(CC(=O)NCc3cccnc3)c3cc(F)ccc32)cc(OC)c1OO. The minimum Gasteiger partial charge on any atom is -0.493 e. The summed E-state index contributed by atoms with van der Waals surface area (Å²) >= 11 is 0. The maximum absolute atomic E-state index is 14.2. The Labute approximate surface area is 202 Å². The number of nitrogens with zero attached hydrogens (tertiary/aromatic N) is 1. The summed E-state index contributed by atoms with van der Waals surface area (Å²) in [5.41, 5.74) is 5.57. The molecule has 0 fully saturated rings. The van der Waals surface area contributed by atoms with Crippen molar-refractivity contribution in [1.82, 2.24) is 10.3 Å². The number of amides is 1. The minimum atomic E-state index is -0.376. The number of allylic oxidation sites excluding steroid dienone is 2. The number of aromatic nitrogens is 1. The Morgan fingerprint density at radius 2 is 1.86 bits per heavy atom. The second kappa shape index (κ2) is 10.4. The number of nitrogens with one attached hydrogen (secondary N) is 1. The van der Waals surface area contributed by atoms with Gasteiger partial charge in [-0.25, -0.2) is 9.65 Å². The first kappa shape index (κ1) is 24.0. The molecule has 3 aromatic rings. The van der Waals surface area contributed by atoms with E-state index in [0.717, 1.165) is 27.8 Å². The average molecular weight is 477 g/mol. The highest BCUT2D eigenvalue weighted by molar-refractivity contribution is 6.08. The lowest BCUT2D eigenvalue weighted by Gasteiger charge is -2.12. The Bertz CT molecular complexity index is 1290. The molecule has 1 heterocycles. The summed E-state index contributed by atoms with van der Waals surface area (Å²) in [5, 5.41) is 12.1. The van der Waals surface area contributed by atoms with Crippen LogP contribution in [0.5, 0.6) is 17.2 Å².